The Morgan fingerprint density at radius 3 is 2.31 bits per heavy atom. The van der Waals surface area contributed by atoms with Crippen LogP contribution in [0.1, 0.15) is 49.7 Å². The van der Waals surface area contributed by atoms with Crippen LogP contribution in [0.4, 0.5) is 4.79 Å². The summed E-state index contributed by atoms with van der Waals surface area (Å²) in [7, 11) is 1.49. The van der Waals surface area contributed by atoms with Crippen molar-refractivity contribution in [3.63, 3.8) is 0 Å². The van der Waals surface area contributed by atoms with E-state index in [0.717, 1.165) is 28.7 Å². The zero-order valence-corrected chi connectivity index (χ0v) is 20.2. The Hall–Kier alpha value is -3.39. The molecule has 1 fully saturated rings. The zero-order valence-electron chi connectivity index (χ0n) is 20.2. The lowest BCUT2D eigenvalue weighted by Gasteiger charge is -2.34. The first-order valence-corrected chi connectivity index (χ1v) is 12.1. The third-order valence-corrected chi connectivity index (χ3v) is 7.14. The first-order chi connectivity index (χ1) is 16.9. The molecule has 1 aliphatic heterocycles. The lowest BCUT2D eigenvalue weighted by molar-refractivity contribution is -0.158. The molecule has 1 saturated heterocycles. The number of ether oxygens (including phenoxy) is 2. The van der Waals surface area contributed by atoms with Crippen LogP contribution >= 0.6 is 0 Å². The van der Waals surface area contributed by atoms with Crippen LogP contribution in [0.15, 0.2) is 48.5 Å². The van der Waals surface area contributed by atoms with Crippen molar-refractivity contribution >= 4 is 18.0 Å². The molecule has 1 heterocycles. The number of aliphatic carboxylic acids is 1. The van der Waals surface area contributed by atoms with E-state index in [2.05, 4.69) is 29.6 Å². The number of carbonyl (C=O) groups excluding carboxylic acids is 2. The van der Waals surface area contributed by atoms with Gasteiger partial charge in [0.1, 0.15) is 6.61 Å². The van der Waals surface area contributed by atoms with Gasteiger partial charge in [-0.25, -0.2) is 9.59 Å². The Labute approximate surface area is 205 Å². The monoisotopic (exact) mass is 480 g/mol. The van der Waals surface area contributed by atoms with Gasteiger partial charge < -0.3 is 24.8 Å². The molecule has 186 valence electrons. The number of rotatable bonds is 9. The molecule has 8 nitrogen and oxygen atoms in total. The van der Waals surface area contributed by atoms with E-state index < -0.39 is 23.6 Å². The van der Waals surface area contributed by atoms with Crippen molar-refractivity contribution in [2.75, 3.05) is 26.9 Å². The minimum Gasteiger partial charge on any atom is -0.479 e. The molecule has 1 unspecified atom stereocenters. The molecule has 2 N–H and O–H groups in total. The van der Waals surface area contributed by atoms with Gasteiger partial charge in [0.25, 0.3) is 0 Å². The topological polar surface area (TPSA) is 105 Å². The highest BCUT2D eigenvalue weighted by molar-refractivity contribution is 5.88. The van der Waals surface area contributed by atoms with E-state index in [9.17, 15) is 19.5 Å². The van der Waals surface area contributed by atoms with Gasteiger partial charge in [-0.05, 0) is 28.7 Å². The Morgan fingerprint density at radius 2 is 1.77 bits per heavy atom. The van der Waals surface area contributed by atoms with Gasteiger partial charge in [-0.3, -0.25) is 4.79 Å². The number of carboxylic acid groups (broad SMARTS) is 1. The Morgan fingerprint density at radius 1 is 1.14 bits per heavy atom. The van der Waals surface area contributed by atoms with E-state index in [1.165, 1.54) is 11.9 Å². The molecule has 8 heteroatoms. The summed E-state index contributed by atoms with van der Waals surface area (Å²) in [6.45, 7) is 2.40. The summed E-state index contributed by atoms with van der Waals surface area (Å²) < 4.78 is 10.9. The standard InChI is InChI=1S/C27H32N2O6/c1-3-8-18(15-24(30)29(2)27(25(31)32)13-14-34-17-27)28-26(33)35-16-23-21-11-6-4-9-19(21)20-10-5-7-12-22(20)23/h4-7,9-12,18,23H,3,8,13-17H2,1-2H3,(H,28,33)(H,31,32)/t18-,27?/m0/s1. The minimum absolute atomic E-state index is 0.0104. The van der Waals surface area contributed by atoms with E-state index in [-0.39, 0.29) is 37.9 Å². The number of carboxylic acids is 1. The molecule has 2 aromatic rings. The summed E-state index contributed by atoms with van der Waals surface area (Å²) in [5, 5.41) is 12.5. The molecule has 0 radical (unpaired) electrons. The van der Waals surface area contributed by atoms with Gasteiger partial charge in [0, 0.05) is 38.5 Å². The van der Waals surface area contributed by atoms with E-state index in [1.54, 1.807) is 0 Å². The average molecular weight is 481 g/mol. The third-order valence-electron chi connectivity index (χ3n) is 7.14. The van der Waals surface area contributed by atoms with Crippen LogP contribution in [0.25, 0.3) is 11.1 Å². The van der Waals surface area contributed by atoms with Gasteiger partial charge in [0.05, 0.1) is 6.61 Å². The highest BCUT2D eigenvalue weighted by atomic mass is 16.5. The molecule has 0 bridgehead atoms. The molecule has 1 aliphatic carbocycles. The smallest absolute Gasteiger partial charge is 0.407 e. The molecule has 4 rings (SSSR count). The number of alkyl carbamates (subject to hydrolysis) is 1. The summed E-state index contributed by atoms with van der Waals surface area (Å²) in [5.74, 6) is -1.49. The number of benzene rings is 2. The highest BCUT2D eigenvalue weighted by Crippen LogP contribution is 2.44. The largest absolute Gasteiger partial charge is 0.479 e. The molecule has 2 amide bonds. The van der Waals surface area contributed by atoms with Gasteiger partial charge in [-0.1, -0.05) is 61.9 Å². The van der Waals surface area contributed by atoms with Crippen LogP contribution < -0.4 is 5.32 Å². The van der Waals surface area contributed by atoms with Crippen LogP contribution in [0, 0.1) is 0 Å². The number of nitrogens with one attached hydrogen (secondary N) is 1. The number of carbonyl (C=O) groups is 3. The normalized spacial score (nSPS) is 19.5. The van der Waals surface area contributed by atoms with Crippen LogP contribution in [0.5, 0.6) is 0 Å². The second kappa shape index (κ2) is 10.5. The second-order valence-electron chi connectivity index (χ2n) is 9.25. The quantitative estimate of drug-likeness (QED) is 0.566. The first kappa shape index (κ1) is 24.7. The maximum absolute atomic E-state index is 13.0. The van der Waals surface area contributed by atoms with Gasteiger partial charge in [0.2, 0.25) is 5.91 Å². The number of likely N-dealkylation sites (N-methyl/N-ethyl adjacent to an activating group) is 1. The van der Waals surface area contributed by atoms with Gasteiger partial charge in [-0.2, -0.15) is 0 Å². The second-order valence-corrected chi connectivity index (χ2v) is 9.25. The number of fused-ring (bicyclic) bond motifs is 3. The van der Waals surface area contributed by atoms with Gasteiger partial charge >= 0.3 is 12.1 Å². The van der Waals surface area contributed by atoms with Crippen molar-refractivity contribution in [2.24, 2.45) is 0 Å². The summed E-state index contributed by atoms with van der Waals surface area (Å²) in [6.07, 6.45) is 0.962. The summed E-state index contributed by atoms with van der Waals surface area (Å²) in [4.78, 5) is 38.8. The molecule has 2 aliphatic rings. The van der Waals surface area contributed by atoms with Crippen LogP contribution in [0.3, 0.4) is 0 Å². The van der Waals surface area contributed by atoms with Crippen LogP contribution in [0.2, 0.25) is 0 Å². The molecular weight excluding hydrogens is 448 g/mol. The molecule has 2 atom stereocenters. The number of hydrogen-bond acceptors (Lipinski definition) is 5. The predicted octanol–water partition coefficient (Wildman–Crippen LogP) is 3.79. The van der Waals surface area contributed by atoms with Crippen LogP contribution in [-0.2, 0) is 19.1 Å². The fourth-order valence-electron chi connectivity index (χ4n) is 5.10. The Kier molecular flexibility index (Phi) is 7.40. The van der Waals surface area contributed by atoms with E-state index in [0.29, 0.717) is 13.0 Å². The fraction of sp³-hybridized carbons (Fsp3) is 0.444. The SMILES string of the molecule is CCC[C@@H](CC(=O)N(C)C1(C(=O)O)CCOC1)NC(=O)OCC1c2ccccc2-c2ccccc21. The lowest BCUT2D eigenvalue weighted by atomic mass is 9.95. The molecule has 0 spiro atoms. The zero-order chi connectivity index (χ0) is 25.0. The molecular formula is C27H32N2O6. The maximum Gasteiger partial charge on any atom is 0.407 e. The number of nitrogens with zero attached hydrogens (tertiary/aromatic N) is 1. The fourth-order valence-corrected chi connectivity index (χ4v) is 5.10. The van der Waals surface area contributed by atoms with E-state index >= 15 is 0 Å². The predicted molar refractivity (Wildman–Crippen MR) is 130 cm³/mol. The third kappa shape index (κ3) is 4.89. The van der Waals surface area contributed by atoms with E-state index in [4.69, 9.17) is 9.47 Å². The van der Waals surface area contributed by atoms with E-state index in [1.807, 2.05) is 31.2 Å². The van der Waals surface area contributed by atoms with Gasteiger partial charge in [0.15, 0.2) is 5.54 Å². The molecule has 0 aromatic heterocycles. The summed E-state index contributed by atoms with van der Waals surface area (Å²) in [6, 6.07) is 15.8. The van der Waals surface area contributed by atoms with Crippen molar-refractivity contribution in [3.8, 4) is 11.1 Å². The first-order valence-electron chi connectivity index (χ1n) is 12.1. The maximum atomic E-state index is 13.0. The Bertz CT molecular complexity index is 1050. The van der Waals surface area contributed by atoms with Crippen molar-refractivity contribution in [3.05, 3.63) is 59.7 Å². The van der Waals surface area contributed by atoms with Crippen molar-refractivity contribution in [2.45, 2.75) is 50.1 Å². The lowest BCUT2D eigenvalue weighted by Crippen LogP contribution is -2.56. The summed E-state index contributed by atoms with van der Waals surface area (Å²) in [5.41, 5.74) is 3.19. The summed E-state index contributed by atoms with van der Waals surface area (Å²) >= 11 is 0. The molecule has 0 saturated carbocycles. The average Bonchev–Trinajstić information content (AvgIpc) is 3.47. The highest BCUT2D eigenvalue weighted by Gasteiger charge is 2.48. The van der Waals surface area contributed by atoms with Crippen LogP contribution in [-0.4, -0.2) is 66.4 Å². The molecule has 35 heavy (non-hydrogen) atoms. The van der Waals surface area contributed by atoms with Gasteiger partial charge in [-0.15, -0.1) is 0 Å². The number of hydrogen-bond donors (Lipinski definition) is 2. The molecule has 2 aromatic carbocycles. The van der Waals surface area contributed by atoms with Crippen molar-refractivity contribution in [1.29, 1.82) is 0 Å². The number of amides is 2. The Balaban J connectivity index is 1.38. The van der Waals surface area contributed by atoms with Crippen molar-refractivity contribution < 1.29 is 29.0 Å². The van der Waals surface area contributed by atoms with Crippen molar-refractivity contribution in [1.82, 2.24) is 10.2 Å². The minimum atomic E-state index is -1.36.